The highest BCUT2D eigenvalue weighted by atomic mass is 32.1. The third kappa shape index (κ3) is 4.11. The fourth-order valence-electron chi connectivity index (χ4n) is 2.97. The minimum atomic E-state index is 0.0348. The van der Waals surface area contributed by atoms with Gasteiger partial charge in [-0.05, 0) is 43.2 Å². The molecule has 5 heteroatoms. The largest absolute Gasteiger partial charge is 0.340 e. The second-order valence-electron chi connectivity index (χ2n) is 7.05. The molecule has 26 heavy (non-hydrogen) atoms. The summed E-state index contributed by atoms with van der Waals surface area (Å²) in [6.07, 6.45) is 0.939. The Labute approximate surface area is 159 Å². The number of fused-ring (bicyclic) bond motifs is 1. The predicted molar refractivity (Wildman–Crippen MR) is 110 cm³/mol. The van der Waals surface area contributed by atoms with Crippen LogP contribution in [0.5, 0.6) is 0 Å². The van der Waals surface area contributed by atoms with Gasteiger partial charge in [0.25, 0.3) is 5.91 Å². The summed E-state index contributed by atoms with van der Waals surface area (Å²) < 4.78 is 1.13. The third-order valence-electron chi connectivity index (χ3n) is 4.44. The normalized spacial score (nSPS) is 11.3. The Morgan fingerprint density at radius 1 is 1.15 bits per heavy atom. The lowest BCUT2D eigenvalue weighted by atomic mass is 10.1. The van der Waals surface area contributed by atoms with E-state index in [1.807, 2.05) is 42.2 Å². The molecular formula is C21H26N3OS+. The molecule has 1 aromatic heterocycles. The minimum absolute atomic E-state index is 0.0348. The van der Waals surface area contributed by atoms with Crippen molar-refractivity contribution in [1.82, 2.24) is 4.98 Å². The number of carbonyl (C=O) groups is 1. The standard InChI is InChI=1S/C21H25N3OS/c1-15-10-11-18-19(14-15)26-21(22-18)24(13-7-12-23(3)4)20(25)17-9-6-5-8-16(17)2/h5-6,8-11,14H,7,12-13H2,1-4H3/p+1. The number of thiazole rings is 1. The number of aromatic nitrogens is 1. The van der Waals surface area contributed by atoms with Crippen molar-refractivity contribution >= 4 is 32.6 Å². The first-order valence-electron chi connectivity index (χ1n) is 8.99. The third-order valence-corrected chi connectivity index (χ3v) is 5.48. The van der Waals surface area contributed by atoms with Gasteiger partial charge in [-0.3, -0.25) is 9.69 Å². The van der Waals surface area contributed by atoms with Gasteiger partial charge < -0.3 is 4.90 Å². The first-order chi connectivity index (χ1) is 12.5. The van der Waals surface area contributed by atoms with E-state index in [1.54, 1.807) is 11.3 Å². The van der Waals surface area contributed by atoms with Crippen molar-refractivity contribution in [1.29, 1.82) is 0 Å². The molecule has 0 atom stereocenters. The van der Waals surface area contributed by atoms with Crippen molar-refractivity contribution < 1.29 is 9.69 Å². The SMILES string of the molecule is Cc1ccc2nc(N(CCC[NH+](C)C)C(=O)c3ccccc3C)sc2c1. The lowest BCUT2D eigenvalue weighted by molar-refractivity contribution is -0.858. The van der Waals surface area contributed by atoms with Crippen LogP contribution in [-0.2, 0) is 0 Å². The molecule has 0 saturated carbocycles. The lowest BCUT2D eigenvalue weighted by Gasteiger charge is -2.21. The van der Waals surface area contributed by atoms with Gasteiger partial charge in [0.15, 0.2) is 5.13 Å². The van der Waals surface area contributed by atoms with Crippen LogP contribution in [0.3, 0.4) is 0 Å². The van der Waals surface area contributed by atoms with E-state index in [1.165, 1.54) is 10.5 Å². The number of hydrogen-bond acceptors (Lipinski definition) is 3. The second kappa shape index (κ2) is 7.98. The topological polar surface area (TPSA) is 37.6 Å². The van der Waals surface area contributed by atoms with Gasteiger partial charge in [-0.15, -0.1) is 0 Å². The average molecular weight is 369 g/mol. The van der Waals surface area contributed by atoms with Gasteiger partial charge in [0, 0.05) is 18.5 Å². The van der Waals surface area contributed by atoms with E-state index in [0.717, 1.165) is 39.4 Å². The highest BCUT2D eigenvalue weighted by Crippen LogP contribution is 2.30. The van der Waals surface area contributed by atoms with Crippen molar-refractivity contribution in [2.45, 2.75) is 20.3 Å². The molecule has 4 nitrogen and oxygen atoms in total. The number of carbonyl (C=O) groups excluding carboxylic acids is 1. The maximum Gasteiger partial charge on any atom is 0.260 e. The highest BCUT2D eigenvalue weighted by molar-refractivity contribution is 7.22. The number of hydrogen-bond donors (Lipinski definition) is 1. The monoisotopic (exact) mass is 368 g/mol. The molecule has 0 spiro atoms. The summed E-state index contributed by atoms with van der Waals surface area (Å²) in [5.41, 5.74) is 3.91. The summed E-state index contributed by atoms with van der Waals surface area (Å²) in [5, 5.41) is 0.785. The minimum Gasteiger partial charge on any atom is -0.340 e. The van der Waals surface area contributed by atoms with Gasteiger partial charge in [-0.1, -0.05) is 35.6 Å². The Morgan fingerprint density at radius 3 is 2.65 bits per heavy atom. The Hall–Kier alpha value is -2.24. The Balaban J connectivity index is 1.96. The molecule has 0 bridgehead atoms. The number of aryl methyl sites for hydroxylation is 2. The number of anilines is 1. The molecule has 1 N–H and O–H groups in total. The quantitative estimate of drug-likeness (QED) is 0.726. The van der Waals surface area contributed by atoms with Gasteiger partial charge in [0.05, 0.1) is 30.9 Å². The number of rotatable bonds is 6. The Kier molecular flexibility index (Phi) is 5.69. The molecule has 3 rings (SSSR count). The summed E-state index contributed by atoms with van der Waals surface area (Å²) in [6.45, 7) is 5.75. The van der Waals surface area contributed by atoms with Gasteiger partial charge in [-0.2, -0.15) is 0 Å². The molecule has 0 aliphatic heterocycles. The molecule has 1 heterocycles. The van der Waals surface area contributed by atoms with Crippen LogP contribution in [0.15, 0.2) is 42.5 Å². The molecule has 1 amide bonds. The van der Waals surface area contributed by atoms with Crippen LogP contribution in [-0.4, -0.2) is 38.1 Å². The van der Waals surface area contributed by atoms with E-state index >= 15 is 0 Å². The molecule has 0 radical (unpaired) electrons. The fourth-order valence-corrected chi connectivity index (χ4v) is 4.06. The maximum atomic E-state index is 13.3. The second-order valence-corrected chi connectivity index (χ2v) is 8.06. The van der Waals surface area contributed by atoms with Crippen LogP contribution in [0.2, 0.25) is 0 Å². The zero-order valence-corrected chi connectivity index (χ0v) is 16.7. The van der Waals surface area contributed by atoms with E-state index < -0.39 is 0 Å². The van der Waals surface area contributed by atoms with E-state index in [2.05, 4.69) is 33.2 Å². The van der Waals surface area contributed by atoms with Crippen molar-refractivity contribution in [2.75, 3.05) is 32.1 Å². The van der Waals surface area contributed by atoms with Crippen LogP contribution in [0, 0.1) is 13.8 Å². The zero-order valence-electron chi connectivity index (χ0n) is 15.9. The fraction of sp³-hybridized carbons (Fsp3) is 0.333. The molecule has 0 aliphatic rings. The number of nitrogens with zero attached hydrogens (tertiary/aromatic N) is 2. The van der Waals surface area contributed by atoms with Crippen LogP contribution >= 0.6 is 11.3 Å². The Morgan fingerprint density at radius 2 is 1.92 bits per heavy atom. The summed E-state index contributed by atoms with van der Waals surface area (Å²) in [4.78, 5) is 21.3. The van der Waals surface area contributed by atoms with Crippen LogP contribution < -0.4 is 9.80 Å². The van der Waals surface area contributed by atoms with Crippen molar-refractivity contribution in [3.63, 3.8) is 0 Å². The van der Waals surface area contributed by atoms with Crippen molar-refractivity contribution in [3.05, 3.63) is 59.2 Å². The molecular weight excluding hydrogens is 342 g/mol. The zero-order chi connectivity index (χ0) is 18.7. The van der Waals surface area contributed by atoms with Crippen molar-refractivity contribution in [3.8, 4) is 0 Å². The summed E-state index contributed by atoms with van der Waals surface area (Å²) in [5.74, 6) is 0.0348. The number of nitrogens with one attached hydrogen (secondary N) is 1. The summed E-state index contributed by atoms with van der Waals surface area (Å²) in [7, 11) is 4.27. The van der Waals surface area contributed by atoms with Crippen molar-refractivity contribution in [2.24, 2.45) is 0 Å². The van der Waals surface area contributed by atoms with Gasteiger partial charge >= 0.3 is 0 Å². The lowest BCUT2D eigenvalue weighted by Crippen LogP contribution is -3.05. The van der Waals surface area contributed by atoms with Crippen LogP contribution in [0.4, 0.5) is 5.13 Å². The highest BCUT2D eigenvalue weighted by Gasteiger charge is 2.22. The van der Waals surface area contributed by atoms with Gasteiger partial charge in [0.1, 0.15) is 0 Å². The van der Waals surface area contributed by atoms with E-state index in [4.69, 9.17) is 4.98 Å². The molecule has 0 fully saturated rings. The smallest absolute Gasteiger partial charge is 0.260 e. The molecule has 0 unspecified atom stereocenters. The molecule has 3 aromatic rings. The van der Waals surface area contributed by atoms with E-state index in [-0.39, 0.29) is 5.91 Å². The molecule has 0 saturated heterocycles. The molecule has 136 valence electrons. The number of amides is 1. The van der Waals surface area contributed by atoms with Gasteiger partial charge in [-0.25, -0.2) is 4.98 Å². The van der Waals surface area contributed by atoms with Crippen LogP contribution in [0.25, 0.3) is 10.2 Å². The summed E-state index contributed by atoms with van der Waals surface area (Å²) in [6, 6.07) is 14.0. The predicted octanol–water partition coefficient (Wildman–Crippen LogP) is 3.09. The Bertz CT molecular complexity index is 917. The van der Waals surface area contributed by atoms with Crippen LogP contribution in [0.1, 0.15) is 27.9 Å². The van der Waals surface area contributed by atoms with Gasteiger partial charge in [0.2, 0.25) is 0 Å². The number of quaternary nitrogens is 1. The van der Waals surface area contributed by atoms with E-state index in [0.29, 0.717) is 6.54 Å². The van der Waals surface area contributed by atoms with E-state index in [9.17, 15) is 4.79 Å². The molecule has 2 aromatic carbocycles. The maximum absolute atomic E-state index is 13.3. The first kappa shape index (κ1) is 18.5. The molecule has 0 aliphatic carbocycles. The number of benzene rings is 2. The summed E-state index contributed by atoms with van der Waals surface area (Å²) >= 11 is 1.59. The average Bonchev–Trinajstić information content (AvgIpc) is 3.01. The first-order valence-corrected chi connectivity index (χ1v) is 9.81.